The van der Waals surface area contributed by atoms with E-state index >= 15 is 0 Å². The number of rotatable bonds is 1. The van der Waals surface area contributed by atoms with Gasteiger partial charge in [-0.3, -0.25) is 0 Å². The normalized spacial score (nSPS) is 10.4. The first-order chi connectivity index (χ1) is 6.70. The number of carbonyl (C=O) groups excluding carboxylic acids is 1. The Kier molecular flexibility index (Phi) is 2.25. The molecule has 0 saturated carbocycles. The Labute approximate surface area is 88.4 Å². The molecule has 0 atom stereocenters. The lowest BCUT2D eigenvalue weighted by Gasteiger charge is -1.91. The molecular weight excluding hydrogens is 248 g/mol. The van der Waals surface area contributed by atoms with E-state index in [1.54, 1.807) is 12.1 Å². The number of carbonyl (C=O) groups is 1. The molecule has 0 aromatic carbocycles. The number of aromatic amines is 1. The fraction of sp³-hybridized carbons (Fsp3) is 0.111. The Bertz CT molecular complexity index is 493. The summed E-state index contributed by atoms with van der Waals surface area (Å²) in [6, 6.07) is 5.31. The molecule has 2 rings (SSSR count). The third-order valence-corrected chi connectivity index (χ3v) is 2.29. The average Bonchev–Trinajstić information content (AvgIpc) is 2.59. The molecule has 0 aliphatic heterocycles. The monoisotopic (exact) mass is 254 g/mol. The van der Waals surface area contributed by atoms with Crippen LogP contribution in [0.2, 0.25) is 0 Å². The zero-order chi connectivity index (χ0) is 10.1. The van der Waals surface area contributed by atoms with Gasteiger partial charge < -0.3 is 9.72 Å². The van der Waals surface area contributed by atoms with Crippen molar-refractivity contribution in [1.29, 1.82) is 0 Å². The highest BCUT2D eigenvalue weighted by Gasteiger charge is 2.09. The van der Waals surface area contributed by atoms with E-state index in [9.17, 15) is 4.79 Å². The molecule has 0 amide bonds. The molecule has 2 heterocycles. The molecule has 1 N–H and O–H groups in total. The lowest BCUT2D eigenvalue weighted by molar-refractivity contribution is 0.0595. The van der Waals surface area contributed by atoms with Gasteiger partial charge in [0.15, 0.2) is 0 Å². The summed E-state index contributed by atoms with van der Waals surface area (Å²) in [7, 11) is 1.34. The summed E-state index contributed by atoms with van der Waals surface area (Å²) in [6.07, 6.45) is 0. The van der Waals surface area contributed by atoms with E-state index in [1.165, 1.54) is 7.11 Å². The summed E-state index contributed by atoms with van der Waals surface area (Å²) < 4.78 is 5.32. The lowest BCUT2D eigenvalue weighted by atomic mass is 10.4. The van der Waals surface area contributed by atoms with Crippen LogP contribution in [0.5, 0.6) is 0 Å². The van der Waals surface area contributed by atoms with Crippen molar-refractivity contribution in [3.63, 3.8) is 0 Å². The van der Waals surface area contributed by atoms with Gasteiger partial charge in [-0.1, -0.05) is 0 Å². The predicted octanol–water partition coefficient (Wildman–Crippen LogP) is 2.11. The predicted molar refractivity (Wildman–Crippen MR) is 55.1 cm³/mol. The number of nitrogens with zero attached hydrogens (tertiary/aromatic N) is 1. The van der Waals surface area contributed by atoms with Crippen molar-refractivity contribution in [2.45, 2.75) is 0 Å². The van der Waals surface area contributed by atoms with Gasteiger partial charge in [-0.05, 0) is 34.1 Å². The van der Waals surface area contributed by atoms with Gasteiger partial charge in [-0.2, -0.15) is 0 Å². The van der Waals surface area contributed by atoms with Gasteiger partial charge in [0.2, 0.25) is 0 Å². The topological polar surface area (TPSA) is 55.0 Å². The maximum atomic E-state index is 11.2. The summed E-state index contributed by atoms with van der Waals surface area (Å²) in [4.78, 5) is 18.3. The van der Waals surface area contributed by atoms with Crippen molar-refractivity contribution < 1.29 is 9.53 Å². The quantitative estimate of drug-likeness (QED) is 0.627. The maximum absolute atomic E-state index is 11.2. The molecule has 14 heavy (non-hydrogen) atoms. The highest BCUT2D eigenvalue weighted by molar-refractivity contribution is 9.10. The number of pyridine rings is 1. The molecule has 0 aliphatic carbocycles. The minimum atomic E-state index is -0.390. The molecule has 0 saturated heterocycles. The van der Waals surface area contributed by atoms with Crippen LogP contribution < -0.4 is 0 Å². The number of methoxy groups -OCH3 is 1. The molecule has 2 aromatic heterocycles. The van der Waals surface area contributed by atoms with Crippen molar-refractivity contribution in [2.24, 2.45) is 0 Å². The van der Waals surface area contributed by atoms with E-state index in [-0.39, 0.29) is 5.97 Å². The largest absolute Gasteiger partial charge is 0.464 e. The van der Waals surface area contributed by atoms with Gasteiger partial charge in [0.25, 0.3) is 0 Å². The van der Waals surface area contributed by atoms with Gasteiger partial charge in [-0.25, -0.2) is 9.78 Å². The van der Waals surface area contributed by atoms with Gasteiger partial charge in [0.1, 0.15) is 10.3 Å². The molecule has 2 aromatic rings. The van der Waals surface area contributed by atoms with Crippen molar-refractivity contribution in [2.75, 3.05) is 7.11 Å². The van der Waals surface area contributed by atoms with Crippen LogP contribution in [-0.4, -0.2) is 23.0 Å². The molecule has 5 heteroatoms. The molecule has 0 bridgehead atoms. The first-order valence-corrected chi connectivity index (χ1v) is 4.73. The summed E-state index contributed by atoms with van der Waals surface area (Å²) in [5, 5.41) is 0. The molecular formula is C9H7BrN2O2. The summed E-state index contributed by atoms with van der Waals surface area (Å²) >= 11 is 3.25. The lowest BCUT2D eigenvalue weighted by Crippen LogP contribution is -2.00. The van der Waals surface area contributed by atoms with Crippen LogP contribution >= 0.6 is 15.9 Å². The number of aromatic nitrogens is 2. The van der Waals surface area contributed by atoms with Crippen molar-refractivity contribution in [3.8, 4) is 0 Å². The highest BCUT2D eigenvalue weighted by atomic mass is 79.9. The van der Waals surface area contributed by atoms with Crippen molar-refractivity contribution in [1.82, 2.24) is 9.97 Å². The number of hydrogen-bond donors (Lipinski definition) is 1. The van der Waals surface area contributed by atoms with Crippen LogP contribution in [-0.2, 0) is 4.74 Å². The van der Waals surface area contributed by atoms with Crippen LogP contribution in [0.15, 0.2) is 22.8 Å². The third-order valence-electron chi connectivity index (χ3n) is 1.85. The van der Waals surface area contributed by atoms with Gasteiger partial charge in [0.05, 0.1) is 18.1 Å². The maximum Gasteiger partial charge on any atom is 0.354 e. The minimum Gasteiger partial charge on any atom is -0.464 e. The fourth-order valence-corrected chi connectivity index (χ4v) is 1.53. The Morgan fingerprint density at radius 2 is 2.36 bits per heavy atom. The zero-order valence-corrected chi connectivity index (χ0v) is 8.96. The SMILES string of the molecule is COC(=O)c1cc2nc(Br)ccc2[nH]1. The molecule has 0 fully saturated rings. The van der Waals surface area contributed by atoms with Gasteiger partial charge in [0, 0.05) is 0 Å². The summed E-state index contributed by atoms with van der Waals surface area (Å²) in [5.41, 5.74) is 1.96. The smallest absolute Gasteiger partial charge is 0.354 e. The standard InChI is InChI=1S/C9H7BrN2O2/c1-14-9(13)7-4-6-5(11-7)2-3-8(10)12-6/h2-4,11H,1H3. The number of nitrogens with one attached hydrogen (secondary N) is 1. The molecule has 0 spiro atoms. The van der Waals surface area contributed by atoms with E-state index < -0.39 is 0 Å². The second kappa shape index (κ2) is 3.42. The number of fused-ring (bicyclic) bond motifs is 1. The first kappa shape index (κ1) is 9.21. The molecule has 0 unspecified atom stereocenters. The van der Waals surface area contributed by atoms with Crippen LogP contribution in [0.3, 0.4) is 0 Å². The molecule has 0 aliphatic rings. The van der Waals surface area contributed by atoms with Crippen molar-refractivity contribution >= 4 is 32.9 Å². The number of ether oxygens (including phenoxy) is 1. The molecule has 0 radical (unpaired) electrons. The minimum absolute atomic E-state index is 0.390. The van der Waals surface area contributed by atoms with Crippen LogP contribution in [0.1, 0.15) is 10.5 Å². The summed E-state index contributed by atoms with van der Waals surface area (Å²) in [6.45, 7) is 0. The highest BCUT2D eigenvalue weighted by Crippen LogP contribution is 2.16. The molecule has 4 nitrogen and oxygen atoms in total. The van der Waals surface area contributed by atoms with E-state index in [0.717, 1.165) is 15.6 Å². The number of halogens is 1. The van der Waals surface area contributed by atoms with Gasteiger partial charge >= 0.3 is 5.97 Å². The second-order valence-electron chi connectivity index (χ2n) is 2.74. The van der Waals surface area contributed by atoms with Crippen LogP contribution in [0.25, 0.3) is 11.0 Å². The summed E-state index contributed by atoms with van der Waals surface area (Å²) in [5.74, 6) is -0.390. The zero-order valence-electron chi connectivity index (χ0n) is 7.37. The van der Waals surface area contributed by atoms with Crippen LogP contribution in [0, 0.1) is 0 Å². The number of H-pyrrole nitrogens is 1. The second-order valence-corrected chi connectivity index (χ2v) is 3.55. The van der Waals surface area contributed by atoms with Crippen LogP contribution in [0.4, 0.5) is 0 Å². The van der Waals surface area contributed by atoms with Gasteiger partial charge in [-0.15, -0.1) is 0 Å². The molecule has 72 valence electrons. The van der Waals surface area contributed by atoms with E-state index in [2.05, 4.69) is 30.6 Å². The average molecular weight is 255 g/mol. The van der Waals surface area contributed by atoms with E-state index in [0.29, 0.717) is 5.69 Å². The van der Waals surface area contributed by atoms with Crippen molar-refractivity contribution in [3.05, 3.63) is 28.5 Å². The number of hydrogen-bond acceptors (Lipinski definition) is 3. The third kappa shape index (κ3) is 1.50. The Hall–Kier alpha value is -1.36. The first-order valence-electron chi connectivity index (χ1n) is 3.94. The Morgan fingerprint density at radius 1 is 1.57 bits per heavy atom. The van der Waals surface area contributed by atoms with E-state index in [4.69, 9.17) is 0 Å². The Morgan fingerprint density at radius 3 is 3.07 bits per heavy atom. The fourth-order valence-electron chi connectivity index (χ4n) is 1.20. The Balaban J connectivity index is 2.56. The number of esters is 1. The van der Waals surface area contributed by atoms with E-state index in [1.807, 2.05) is 6.07 Å².